The summed E-state index contributed by atoms with van der Waals surface area (Å²) >= 11 is 12.4. The summed E-state index contributed by atoms with van der Waals surface area (Å²) in [4.78, 5) is 31.3. The number of aliphatic imine (C=N–C) groups is 2. The normalized spacial score (nSPS) is 13.4. The molecule has 0 unspecified atom stereocenters. The largest absolute Gasteiger partial charge is 0.324 e. The number of halogens is 2. The molecule has 10 nitrogen and oxygen atoms in total. The number of aryl methyl sites for hydroxylation is 1. The lowest BCUT2D eigenvalue weighted by molar-refractivity contribution is -0.384. The summed E-state index contributed by atoms with van der Waals surface area (Å²) in [5.74, 6) is 1.41. The van der Waals surface area contributed by atoms with E-state index in [1.54, 1.807) is 24.3 Å². The molecule has 7 rings (SSSR count). The van der Waals surface area contributed by atoms with Crippen LogP contribution in [-0.4, -0.2) is 43.6 Å². The molecule has 2 aliphatic heterocycles. The van der Waals surface area contributed by atoms with Crippen LogP contribution in [0.3, 0.4) is 0 Å². The fourth-order valence-corrected chi connectivity index (χ4v) is 5.45. The number of fused-ring (bicyclic) bond motifs is 4. The topological polar surface area (TPSA) is 128 Å². The van der Waals surface area contributed by atoms with Crippen molar-refractivity contribution in [1.29, 1.82) is 0 Å². The van der Waals surface area contributed by atoms with E-state index in [1.165, 1.54) is 18.2 Å². The number of anilines is 1. The molecule has 1 N–H and O–H groups in total. The van der Waals surface area contributed by atoms with Crippen LogP contribution in [0.25, 0.3) is 5.69 Å². The Morgan fingerprint density at radius 2 is 1.57 bits per heavy atom. The highest BCUT2D eigenvalue weighted by molar-refractivity contribution is 6.36. The maximum absolute atomic E-state index is 11.7. The standard InChI is InChI=1S/C17H13ClN4.C15H10ClN3O3/c1-11-20-21-16-10-19-17(12-5-3-2-4-6-12)14-9-13(18)7-8-15(14)22(11)16;16-12-4-2-1-3-10(12)15-11-7-9(19(21)22)5-6-13(11)18-14(20)8-17-15/h2-9H,10H2,1H3;1-7H,8H2,(H,18,20). The van der Waals surface area contributed by atoms with Crippen LogP contribution in [0.2, 0.25) is 10.0 Å². The number of nitro benzene ring substituents is 1. The molecule has 4 aromatic carbocycles. The number of hydrogen-bond acceptors (Lipinski definition) is 7. The summed E-state index contributed by atoms with van der Waals surface area (Å²) in [6, 6.07) is 27.3. The van der Waals surface area contributed by atoms with Gasteiger partial charge in [0.1, 0.15) is 18.9 Å². The lowest BCUT2D eigenvalue weighted by Crippen LogP contribution is -2.13. The molecule has 0 spiro atoms. The molecule has 0 fully saturated rings. The van der Waals surface area contributed by atoms with Crippen molar-refractivity contribution in [3.8, 4) is 5.69 Å². The first-order valence-electron chi connectivity index (χ1n) is 13.5. The van der Waals surface area contributed by atoms with E-state index in [1.807, 2.05) is 47.9 Å². The molecule has 0 atom stereocenters. The molecule has 218 valence electrons. The Bertz CT molecular complexity index is 1990. The maximum atomic E-state index is 11.7. The lowest BCUT2D eigenvalue weighted by atomic mass is 10.00. The summed E-state index contributed by atoms with van der Waals surface area (Å²) in [6.45, 7) is 2.38. The Labute approximate surface area is 261 Å². The van der Waals surface area contributed by atoms with Gasteiger partial charge in [-0.15, -0.1) is 10.2 Å². The first kappa shape index (κ1) is 28.9. The highest BCUT2D eigenvalue weighted by atomic mass is 35.5. The van der Waals surface area contributed by atoms with E-state index in [0.717, 1.165) is 34.2 Å². The zero-order chi connectivity index (χ0) is 30.8. The number of benzene rings is 4. The monoisotopic (exact) mass is 623 g/mol. The van der Waals surface area contributed by atoms with Crippen LogP contribution in [0.1, 0.15) is 33.9 Å². The zero-order valence-corrected chi connectivity index (χ0v) is 24.8. The Hall–Kier alpha value is -5.19. The van der Waals surface area contributed by atoms with Crippen molar-refractivity contribution >= 4 is 51.9 Å². The van der Waals surface area contributed by atoms with Gasteiger partial charge < -0.3 is 5.32 Å². The molecule has 1 aromatic heterocycles. The quantitative estimate of drug-likeness (QED) is 0.178. The Morgan fingerprint density at radius 3 is 2.34 bits per heavy atom. The number of aromatic nitrogens is 3. The fourth-order valence-electron chi connectivity index (χ4n) is 5.05. The third-order valence-corrected chi connectivity index (χ3v) is 7.59. The molecule has 44 heavy (non-hydrogen) atoms. The number of hydrogen-bond donors (Lipinski definition) is 1. The molecule has 0 saturated carbocycles. The van der Waals surface area contributed by atoms with Gasteiger partial charge in [0.05, 0.1) is 27.7 Å². The van der Waals surface area contributed by atoms with Crippen LogP contribution in [0.4, 0.5) is 11.4 Å². The fraction of sp³-hybridized carbons (Fsp3) is 0.0938. The lowest BCUT2D eigenvalue weighted by Gasteiger charge is -2.12. The minimum atomic E-state index is -0.489. The number of amides is 1. The van der Waals surface area contributed by atoms with Gasteiger partial charge in [-0.1, -0.05) is 71.7 Å². The summed E-state index contributed by atoms with van der Waals surface area (Å²) in [7, 11) is 0. The smallest absolute Gasteiger partial charge is 0.270 e. The molecule has 5 aromatic rings. The van der Waals surface area contributed by atoms with E-state index < -0.39 is 4.92 Å². The molecule has 0 bridgehead atoms. The van der Waals surface area contributed by atoms with Gasteiger partial charge in [-0.25, -0.2) is 0 Å². The number of rotatable bonds is 3. The minimum absolute atomic E-state index is 0.0664. The molecule has 0 saturated heterocycles. The van der Waals surface area contributed by atoms with Gasteiger partial charge in [-0.05, 0) is 37.3 Å². The van der Waals surface area contributed by atoms with Crippen molar-refractivity contribution in [3.63, 3.8) is 0 Å². The van der Waals surface area contributed by atoms with Crippen LogP contribution in [0.5, 0.6) is 0 Å². The van der Waals surface area contributed by atoms with Gasteiger partial charge in [0.15, 0.2) is 5.82 Å². The molecule has 2 aliphatic rings. The molecule has 1 amide bonds. The first-order valence-corrected chi connectivity index (χ1v) is 14.2. The van der Waals surface area contributed by atoms with Gasteiger partial charge in [-0.3, -0.25) is 29.5 Å². The van der Waals surface area contributed by atoms with E-state index in [9.17, 15) is 14.9 Å². The Balaban J connectivity index is 0.000000156. The number of carbonyl (C=O) groups is 1. The van der Waals surface area contributed by atoms with Crippen molar-refractivity contribution in [2.45, 2.75) is 13.5 Å². The van der Waals surface area contributed by atoms with E-state index in [0.29, 0.717) is 39.1 Å². The summed E-state index contributed by atoms with van der Waals surface area (Å²) in [6.07, 6.45) is 0. The van der Waals surface area contributed by atoms with E-state index in [-0.39, 0.29) is 18.1 Å². The SMILES string of the molecule is Cc1nnc2n1-c1ccc(Cl)cc1C(c1ccccc1)=NC2.O=C1CN=C(c2ccccc2Cl)c2cc([N+](=O)[O-])ccc2N1. The number of non-ortho nitro benzene ring substituents is 1. The van der Waals surface area contributed by atoms with Crippen molar-refractivity contribution in [1.82, 2.24) is 14.8 Å². The predicted molar refractivity (Wildman–Crippen MR) is 171 cm³/mol. The molecular formula is C32H23Cl2N7O3. The van der Waals surface area contributed by atoms with E-state index in [2.05, 4.69) is 32.6 Å². The van der Waals surface area contributed by atoms with Crippen LogP contribution >= 0.6 is 23.2 Å². The van der Waals surface area contributed by atoms with Crippen molar-refractivity contribution in [2.24, 2.45) is 9.98 Å². The minimum Gasteiger partial charge on any atom is -0.324 e. The number of carbonyl (C=O) groups excluding carboxylic acids is 1. The van der Waals surface area contributed by atoms with Crippen molar-refractivity contribution in [2.75, 3.05) is 11.9 Å². The van der Waals surface area contributed by atoms with Gasteiger partial charge in [0.2, 0.25) is 5.91 Å². The summed E-state index contributed by atoms with van der Waals surface area (Å²) < 4.78 is 2.05. The third-order valence-electron chi connectivity index (χ3n) is 7.03. The molecular weight excluding hydrogens is 601 g/mol. The number of nitro groups is 1. The number of nitrogens with one attached hydrogen (secondary N) is 1. The number of benzodiazepines with no additional fused rings is 1. The number of nitrogens with zero attached hydrogens (tertiary/aromatic N) is 6. The van der Waals surface area contributed by atoms with Crippen LogP contribution < -0.4 is 5.32 Å². The Morgan fingerprint density at radius 1 is 0.818 bits per heavy atom. The van der Waals surface area contributed by atoms with Crippen molar-refractivity contribution < 1.29 is 9.72 Å². The summed E-state index contributed by atoms with van der Waals surface area (Å²) in [5, 5.41) is 23.3. The second-order valence-corrected chi connectivity index (χ2v) is 10.7. The maximum Gasteiger partial charge on any atom is 0.270 e. The zero-order valence-electron chi connectivity index (χ0n) is 23.2. The molecule has 0 aliphatic carbocycles. The van der Waals surface area contributed by atoms with Gasteiger partial charge in [-0.2, -0.15) is 0 Å². The first-order chi connectivity index (χ1) is 21.3. The van der Waals surface area contributed by atoms with Crippen molar-refractivity contribution in [3.05, 3.63) is 145 Å². The van der Waals surface area contributed by atoms with Gasteiger partial charge in [0, 0.05) is 44.4 Å². The van der Waals surface area contributed by atoms with Crippen LogP contribution in [-0.2, 0) is 11.3 Å². The van der Waals surface area contributed by atoms with E-state index >= 15 is 0 Å². The average Bonchev–Trinajstić information content (AvgIpc) is 3.20. The third kappa shape index (κ3) is 5.72. The average molecular weight is 624 g/mol. The molecule has 3 heterocycles. The molecule has 0 radical (unpaired) electrons. The second kappa shape index (κ2) is 12.2. The van der Waals surface area contributed by atoms with E-state index in [4.69, 9.17) is 28.2 Å². The summed E-state index contributed by atoms with van der Waals surface area (Å²) in [5.41, 5.74) is 5.99. The second-order valence-electron chi connectivity index (χ2n) is 9.87. The van der Waals surface area contributed by atoms with Gasteiger partial charge in [0.25, 0.3) is 5.69 Å². The molecule has 12 heteroatoms. The van der Waals surface area contributed by atoms with Crippen LogP contribution in [0, 0.1) is 17.0 Å². The Kier molecular flexibility index (Phi) is 8.01. The highest BCUT2D eigenvalue weighted by Gasteiger charge is 2.23. The predicted octanol–water partition coefficient (Wildman–Crippen LogP) is 6.62. The van der Waals surface area contributed by atoms with Crippen LogP contribution in [0.15, 0.2) is 101 Å². The van der Waals surface area contributed by atoms with Gasteiger partial charge >= 0.3 is 0 Å². The highest BCUT2D eigenvalue weighted by Crippen LogP contribution is 2.30.